The Morgan fingerprint density at radius 1 is 1.11 bits per heavy atom. The molecule has 0 radical (unpaired) electrons. The van der Waals surface area contributed by atoms with Crippen LogP contribution in [0.25, 0.3) is 0 Å². The summed E-state index contributed by atoms with van der Waals surface area (Å²) in [6.07, 6.45) is 14.0. The van der Waals surface area contributed by atoms with Gasteiger partial charge < -0.3 is 0 Å². The fraction of sp³-hybridized carbons (Fsp3) is 0.565. The van der Waals surface area contributed by atoms with Crippen molar-refractivity contribution in [3.05, 3.63) is 29.8 Å². The van der Waals surface area contributed by atoms with E-state index in [1.165, 1.54) is 32.1 Å². The summed E-state index contributed by atoms with van der Waals surface area (Å²) in [6.45, 7) is 6.04. The van der Waals surface area contributed by atoms with Crippen molar-refractivity contribution in [3.8, 4) is 12.3 Å². The number of carbonyl (C=O) groups excluding carboxylic acids is 2. The maximum absolute atomic E-state index is 12.9. The molecular weight excluding hydrogens is 336 g/mol. The summed E-state index contributed by atoms with van der Waals surface area (Å²) in [5.74, 6) is 2.39. The standard InChI is InChI=1S/C23H32N2O2/c1-5-7-8-9-10-11-12-13-20(26)21-22(27)25(23(3,4)24-21)19-16-14-18(6-2)15-17-19/h2,14-17,21,24H,5,7-13H2,1,3-4H3/t21-/m0/s1. The summed E-state index contributed by atoms with van der Waals surface area (Å²) in [6, 6.07) is 6.53. The monoisotopic (exact) mass is 368 g/mol. The van der Waals surface area contributed by atoms with Gasteiger partial charge in [0.15, 0.2) is 5.78 Å². The molecule has 0 bridgehead atoms. The van der Waals surface area contributed by atoms with Crippen molar-refractivity contribution in [2.24, 2.45) is 0 Å². The summed E-state index contributed by atoms with van der Waals surface area (Å²) in [5.41, 5.74) is 0.903. The van der Waals surface area contributed by atoms with Gasteiger partial charge in [-0.1, -0.05) is 51.4 Å². The second kappa shape index (κ2) is 9.71. The van der Waals surface area contributed by atoms with Crippen molar-refractivity contribution in [3.63, 3.8) is 0 Å². The zero-order chi connectivity index (χ0) is 19.9. The molecule has 0 aliphatic carbocycles. The summed E-state index contributed by atoms with van der Waals surface area (Å²) < 4.78 is 0. The third-order valence-electron chi connectivity index (χ3n) is 5.16. The van der Waals surface area contributed by atoms with E-state index in [1.54, 1.807) is 4.90 Å². The van der Waals surface area contributed by atoms with Crippen LogP contribution in [-0.4, -0.2) is 23.4 Å². The van der Waals surface area contributed by atoms with E-state index in [2.05, 4.69) is 18.2 Å². The summed E-state index contributed by atoms with van der Waals surface area (Å²) >= 11 is 0. The molecule has 0 aromatic heterocycles. The predicted octanol–water partition coefficient (Wildman–Crippen LogP) is 4.42. The Morgan fingerprint density at radius 3 is 2.30 bits per heavy atom. The van der Waals surface area contributed by atoms with Gasteiger partial charge in [0, 0.05) is 17.7 Å². The van der Waals surface area contributed by atoms with Gasteiger partial charge in [-0.25, -0.2) is 0 Å². The fourth-order valence-corrected chi connectivity index (χ4v) is 3.66. The maximum Gasteiger partial charge on any atom is 0.253 e. The molecule has 1 heterocycles. The van der Waals surface area contributed by atoms with Crippen LogP contribution in [0.1, 0.15) is 77.7 Å². The van der Waals surface area contributed by atoms with E-state index in [9.17, 15) is 9.59 Å². The highest BCUT2D eigenvalue weighted by Gasteiger charge is 2.47. The van der Waals surface area contributed by atoms with Crippen LogP contribution in [-0.2, 0) is 9.59 Å². The van der Waals surface area contributed by atoms with Crippen molar-refractivity contribution in [2.45, 2.75) is 83.8 Å². The minimum absolute atomic E-state index is 0.00983. The maximum atomic E-state index is 12.9. The van der Waals surface area contributed by atoms with Gasteiger partial charge in [0.05, 0.1) is 5.66 Å². The van der Waals surface area contributed by atoms with E-state index >= 15 is 0 Å². The van der Waals surface area contributed by atoms with Crippen LogP contribution in [0.2, 0.25) is 0 Å². The number of rotatable bonds is 10. The molecule has 0 spiro atoms. The van der Waals surface area contributed by atoms with Gasteiger partial charge in [0.1, 0.15) is 6.04 Å². The molecule has 1 saturated heterocycles. The third-order valence-corrected chi connectivity index (χ3v) is 5.16. The number of Topliss-reactive ketones (excluding diaryl/α,β-unsaturated/α-hetero) is 1. The normalized spacial score (nSPS) is 18.5. The first-order valence-corrected chi connectivity index (χ1v) is 10.1. The molecule has 1 aliphatic heterocycles. The number of ketones is 1. The minimum atomic E-state index is -0.757. The zero-order valence-electron chi connectivity index (χ0n) is 16.9. The smallest absolute Gasteiger partial charge is 0.253 e. The van der Waals surface area contributed by atoms with Crippen LogP contribution in [0.15, 0.2) is 24.3 Å². The number of anilines is 1. The first-order chi connectivity index (χ1) is 12.9. The molecule has 0 unspecified atom stereocenters. The number of nitrogens with one attached hydrogen (secondary N) is 1. The van der Waals surface area contributed by atoms with Gasteiger partial charge in [0.25, 0.3) is 5.91 Å². The van der Waals surface area contributed by atoms with E-state index in [4.69, 9.17) is 6.42 Å². The lowest BCUT2D eigenvalue weighted by atomic mass is 10.0. The number of amides is 1. The molecule has 1 aromatic rings. The van der Waals surface area contributed by atoms with E-state index in [0.717, 1.165) is 24.1 Å². The summed E-state index contributed by atoms with van der Waals surface area (Å²) in [7, 11) is 0. The zero-order valence-corrected chi connectivity index (χ0v) is 16.9. The molecule has 1 fully saturated rings. The number of terminal acetylenes is 1. The Labute approximate surface area is 163 Å². The summed E-state index contributed by atoms with van der Waals surface area (Å²) in [4.78, 5) is 27.2. The van der Waals surface area contributed by atoms with Crippen LogP contribution in [0.4, 0.5) is 5.69 Å². The predicted molar refractivity (Wildman–Crippen MR) is 110 cm³/mol. The number of unbranched alkanes of at least 4 members (excludes halogenated alkanes) is 6. The number of hydrogen-bond donors (Lipinski definition) is 1. The molecule has 1 aliphatic rings. The molecule has 1 atom stereocenters. The van der Waals surface area contributed by atoms with Crippen molar-refractivity contribution < 1.29 is 9.59 Å². The molecule has 27 heavy (non-hydrogen) atoms. The number of benzene rings is 1. The van der Waals surface area contributed by atoms with Crippen LogP contribution >= 0.6 is 0 Å². The van der Waals surface area contributed by atoms with Crippen LogP contribution in [0.3, 0.4) is 0 Å². The number of hydrogen-bond acceptors (Lipinski definition) is 3. The van der Waals surface area contributed by atoms with E-state index < -0.39 is 11.7 Å². The topological polar surface area (TPSA) is 49.4 Å². The Bertz CT molecular complexity index is 685. The first-order valence-electron chi connectivity index (χ1n) is 10.1. The molecule has 0 saturated carbocycles. The van der Waals surface area contributed by atoms with Gasteiger partial charge >= 0.3 is 0 Å². The van der Waals surface area contributed by atoms with E-state index in [-0.39, 0.29) is 11.7 Å². The van der Waals surface area contributed by atoms with Crippen molar-refractivity contribution in [2.75, 3.05) is 4.90 Å². The second-order valence-corrected chi connectivity index (χ2v) is 7.84. The van der Waals surface area contributed by atoms with E-state index in [0.29, 0.717) is 6.42 Å². The lowest BCUT2D eigenvalue weighted by Crippen LogP contribution is -2.48. The Hall–Kier alpha value is -2.12. The van der Waals surface area contributed by atoms with Crippen LogP contribution < -0.4 is 10.2 Å². The average molecular weight is 369 g/mol. The van der Waals surface area contributed by atoms with Gasteiger partial charge in [-0.2, -0.15) is 0 Å². The quantitative estimate of drug-likeness (QED) is 0.378. The van der Waals surface area contributed by atoms with Gasteiger partial charge in [-0.3, -0.25) is 19.8 Å². The lowest BCUT2D eigenvalue weighted by molar-refractivity contribution is -0.127. The fourth-order valence-electron chi connectivity index (χ4n) is 3.66. The van der Waals surface area contributed by atoms with Crippen molar-refractivity contribution >= 4 is 17.4 Å². The molecule has 1 N–H and O–H groups in total. The lowest BCUT2D eigenvalue weighted by Gasteiger charge is -2.31. The van der Waals surface area contributed by atoms with Gasteiger partial charge in [-0.15, -0.1) is 6.42 Å². The molecule has 4 heteroatoms. The highest BCUT2D eigenvalue weighted by molar-refractivity contribution is 6.14. The number of carbonyl (C=O) groups is 2. The third kappa shape index (κ3) is 5.43. The first kappa shape index (κ1) is 21.2. The highest BCUT2D eigenvalue weighted by Crippen LogP contribution is 2.29. The molecule has 1 amide bonds. The van der Waals surface area contributed by atoms with Crippen LogP contribution in [0, 0.1) is 12.3 Å². The largest absolute Gasteiger partial charge is 0.297 e. The minimum Gasteiger partial charge on any atom is -0.297 e. The molecule has 2 rings (SSSR count). The molecular formula is C23H32N2O2. The molecule has 146 valence electrons. The second-order valence-electron chi connectivity index (χ2n) is 7.84. The van der Waals surface area contributed by atoms with Gasteiger partial charge in [0.2, 0.25) is 0 Å². The molecule has 1 aromatic carbocycles. The van der Waals surface area contributed by atoms with Crippen LogP contribution in [0.5, 0.6) is 0 Å². The Balaban J connectivity index is 1.92. The van der Waals surface area contributed by atoms with Crippen molar-refractivity contribution in [1.29, 1.82) is 0 Å². The van der Waals surface area contributed by atoms with Crippen molar-refractivity contribution in [1.82, 2.24) is 5.32 Å². The summed E-state index contributed by atoms with van der Waals surface area (Å²) in [5, 5.41) is 3.21. The highest BCUT2D eigenvalue weighted by atomic mass is 16.2. The average Bonchev–Trinajstić information content (AvgIpc) is 2.90. The Kier molecular flexibility index (Phi) is 7.62. The SMILES string of the molecule is C#Cc1ccc(N2C(=O)[C@H](C(=O)CCCCCCCCC)NC2(C)C)cc1. The Morgan fingerprint density at radius 2 is 1.70 bits per heavy atom. The van der Waals surface area contributed by atoms with E-state index in [1.807, 2.05) is 38.1 Å². The van der Waals surface area contributed by atoms with Gasteiger partial charge in [-0.05, 0) is 44.5 Å². The molecule has 4 nitrogen and oxygen atoms in total. The number of nitrogens with zero attached hydrogens (tertiary/aromatic N) is 1.